The van der Waals surface area contributed by atoms with Crippen LogP contribution in [0.15, 0.2) is 59.8 Å². The van der Waals surface area contributed by atoms with Gasteiger partial charge in [0.15, 0.2) is 0 Å². The molecule has 0 bridgehead atoms. The van der Waals surface area contributed by atoms with Crippen molar-refractivity contribution >= 4 is 17.9 Å². The maximum absolute atomic E-state index is 13.4. The summed E-state index contributed by atoms with van der Waals surface area (Å²) in [6, 6.07) is 13.4. The van der Waals surface area contributed by atoms with Crippen molar-refractivity contribution < 1.29 is 28.6 Å². The number of esters is 1. The fourth-order valence-corrected chi connectivity index (χ4v) is 5.34. The van der Waals surface area contributed by atoms with Gasteiger partial charge in [-0.2, -0.15) is 0 Å². The van der Waals surface area contributed by atoms with Gasteiger partial charge in [0, 0.05) is 50.0 Å². The smallest absolute Gasteiger partial charge is 0.338 e. The van der Waals surface area contributed by atoms with E-state index in [2.05, 4.69) is 10.2 Å². The number of urea groups is 1. The number of methoxy groups -OCH3 is 2. The molecule has 0 spiro atoms. The molecule has 1 saturated heterocycles. The molecule has 0 radical (unpaired) electrons. The van der Waals surface area contributed by atoms with E-state index in [0.717, 1.165) is 5.56 Å². The minimum Gasteiger partial charge on any atom is -0.497 e. The highest BCUT2D eigenvalue weighted by Crippen LogP contribution is 2.33. The molecule has 2 aromatic carbocycles. The molecule has 40 heavy (non-hydrogen) atoms. The van der Waals surface area contributed by atoms with Crippen LogP contribution in [0.1, 0.15) is 42.7 Å². The molecule has 4 rings (SSSR count). The molecule has 3 amide bonds. The lowest BCUT2D eigenvalue weighted by molar-refractivity contribution is -0.139. The second kappa shape index (κ2) is 12.9. The van der Waals surface area contributed by atoms with Crippen molar-refractivity contribution in [2.45, 2.75) is 32.9 Å². The number of benzene rings is 2. The van der Waals surface area contributed by atoms with Crippen molar-refractivity contribution in [3.63, 3.8) is 0 Å². The monoisotopic (exact) mass is 550 g/mol. The second-order valence-electron chi connectivity index (χ2n) is 9.80. The van der Waals surface area contributed by atoms with E-state index in [1.807, 2.05) is 55.1 Å². The number of ether oxygens (including phenoxy) is 3. The molecule has 2 heterocycles. The number of rotatable bonds is 9. The second-order valence-corrected chi connectivity index (χ2v) is 9.80. The average molecular weight is 551 g/mol. The van der Waals surface area contributed by atoms with Gasteiger partial charge in [0.1, 0.15) is 11.5 Å². The SMILES string of the molecule is CCOC(=O)C1=C(CN2CCN(C(=O)c3cccc(OC)c3)C(C)C2)N(CC)C(=O)NC1c1cccc(OC)c1. The van der Waals surface area contributed by atoms with Crippen molar-refractivity contribution in [1.29, 1.82) is 0 Å². The Labute approximate surface area is 235 Å². The van der Waals surface area contributed by atoms with Crippen molar-refractivity contribution in [3.8, 4) is 11.5 Å². The van der Waals surface area contributed by atoms with Gasteiger partial charge in [-0.25, -0.2) is 9.59 Å². The lowest BCUT2D eigenvalue weighted by Crippen LogP contribution is -2.56. The highest BCUT2D eigenvalue weighted by Gasteiger charge is 2.39. The van der Waals surface area contributed by atoms with Crippen molar-refractivity contribution in [2.75, 3.05) is 53.6 Å². The van der Waals surface area contributed by atoms with Gasteiger partial charge in [0.05, 0.1) is 32.4 Å². The summed E-state index contributed by atoms with van der Waals surface area (Å²) in [4.78, 5) is 45.6. The lowest BCUT2D eigenvalue weighted by atomic mass is 9.93. The van der Waals surface area contributed by atoms with Crippen LogP contribution in [0.5, 0.6) is 11.5 Å². The number of hydrogen-bond donors (Lipinski definition) is 1. The maximum Gasteiger partial charge on any atom is 0.338 e. The summed E-state index contributed by atoms with van der Waals surface area (Å²) in [5.41, 5.74) is 2.32. The molecule has 1 fully saturated rings. The Morgan fingerprint density at radius 1 is 1.00 bits per heavy atom. The third-order valence-electron chi connectivity index (χ3n) is 7.34. The molecular formula is C30H38N4O6. The topological polar surface area (TPSA) is 101 Å². The predicted octanol–water partition coefficient (Wildman–Crippen LogP) is 3.45. The first-order chi connectivity index (χ1) is 19.3. The Hall–Kier alpha value is -4.05. The van der Waals surface area contributed by atoms with E-state index in [1.165, 1.54) is 0 Å². The Bertz CT molecular complexity index is 1280. The number of carbonyl (C=O) groups is 3. The van der Waals surface area contributed by atoms with E-state index in [9.17, 15) is 14.4 Å². The predicted molar refractivity (Wildman–Crippen MR) is 150 cm³/mol. The van der Waals surface area contributed by atoms with Gasteiger partial charge < -0.3 is 24.4 Å². The Kier molecular flexibility index (Phi) is 9.31. The number of amides is 3. The van der Waals surface area contributed by atoms with Gasteiger partial charge in [0.25, 0.3) is 5.91 Å². The molecule has 0 aromatic heterocycles. The van der Waals surface area contributed by atoms with Gasteiger partial charge in [-0.1, -0.05) is 18.2 Å². The van der Waals surface area contributed by atoms with Crippen LogP contribution < -0.4 is 14.8 Å². The summed E-state index contributed by atoms with van der Waals surface area (Å²) in [5.74, 6) is 0.739. The van der Waals surface area contributed by atoms with Crippen molar-refractivity contribution in [1.82, 2.24) is 20.0 Å². The maximum atomic E-state index is 13.4. The zero-order chi connectivity index (χ0) is 28.8. The van der Waals surface area contributed by atoms with Gasteiger partial charge in [0.2, 0.25) is 0 Å². The van der Waals surface area contributed by atoms with E-state index in [4.69, 9.17) is 14.2 Å². The number of carbonyl (C=O) groups excluding carboxylic acids is 3. The fourth-order valence-electron chi connectivity index (χ4n) is 5.34. The normalized spacial score (nSPS) is 19.8. The van der Waals surface area contributed by atoms with E-state index in [0.29, 0.717) is 61.1 Å². The van der Waals surface area contributed by atoms with Crippen LogP contribution in [-0.4, -0.2) is 92.2 Å². The summed E-state index contributed by atoms with van der Waals surface area (Å²) in [5, 5.41) is 2.99. The molecule has 0 saturated carbocycles. The van der Waals surface area contributed by atoms with E-state index >= 15 is 0 Å². The summed E-state index contributed by atoms with van der Waals surface area (Å²) in [7, 11) is 3.15. The average Bonchev–Trinajstić information content (AvgIpc) is 2.97. The van der Waals surface area contributed by atoms with Crippen molar-refractivity contribution in [2.24, 2.45) is 0 Å². The fraction of sp³-hybridized carbons (Fsp3) is 0.433. The standard InChI is InChI=1S/C30H38N4O6/c1-6-33-25(19-32-14-15-34(20(3)18-32)28(35)22-11-9-13-24(17-22)39-5)26(29(36)40-7-2)27(31-30(33)37)21-10-8-12-23(16-21)38-4/h8-13,16-17,20,27H,6-7,14-15,18-19H2,1-5H3,(H,31,37). The molecule has 214 valence electrons. The highest BCUT2D eigenvalue weighted by molar-refractivity contribution is 5.96. The summed E-state index contributed by atoms with van der Waals surface area (Å²) < 4.78 is 16.2. The zero-order valence-electron chi connectivity index (χ0n) is 23.8. The first kappa shape index (κ1) is 28.9. The molecule has 2 aliphatic rings. The molecule has 2 unspecified atom stereocenters. The van der Waals surface area contributed by atoms with Crippen LogP contribution in [0.3, 0.4) is 0 Å². The molecule has 2 atom stereocenters. The van der Waals surface area contributed by atoms with Crippen LogP contribution >= 0.6 is 0 Å². The van der Waals surface area contributed by atoms with Gasteiger partial charge in [-0.05, 0) is 56.7 Å². The molecular weight excluding hydrogens is 512 g/mol. The molecule has 1 N–H and O–H groups in total. The Balaban J connectivity index is 1.63. The van der Waals surface area contributed by atoms with Crippen LogP contribution in [0, 0.1) is 0 Å². The summed E-state index contributed by atoms with van der Waals surface area (Å²) >= 11 is 0. The minimum absolute atomic E-state index is 0.0530. The van der Waals surface area contributed by atoms with Crippen LogP contribution in [-0.2, 0) is 9.53 Å². The quantitative estimate of drug-likeness (QED) is 0.478. The van der Waals surface area contributed by atoms with Crippen LogP contribution in [0.2, 0.25) is 0 Å². The molecule has 10 nitrogen and oxygen atoms in total. The van der Waals surface area contributed by atoms with Crippen LogP contribution in [0.4, 0.5) is 4.79 Å². The third-order valence-corrected chi connectivity index (χ3v) is 7.34. The number of nitrogens with one attached hydrogen (secondary N) is 1. The lowest BCUT2D eigenvalue weighted by Gasteiger charge is -2.43. The van der Waals surface area contributed by atoms with E-state index < -0.39 is 12.0 Å². The summed E-state index contributed by atoms with van der Waals surface area (Å²) in [6.45, 7) is 8.29. The number of likely N-dealkylation sites (N-methyl/N-ethyl adjacent to an activating group) is 1. The van der Waals surface area contributed by atoms with Gasteiger partial charge in [-0.3, -0.25) is 14.6 Å². The molecule has 2 aromatic rings. The van der Waals surface area contributed by atoms with Gasteiger partial charge in [-0.15, -0.1) is 0 Å². The van der Waals surface area contributed by atoms with E-state index in [1.54, 1.807) is 38.2 Å². The Morgan fingerprint density at radius 2 is 1.70 bits per heavy atom. The first-order valence-electron chi connectivity index (χ1n) is 13.6. The number of piperazine rings is 1. The molecule has 2 aliphatic heterocycles. The third kappa shape index (κ3) is 6.07. The van der Waals surface area contributed by atoms with Crippen molar-refractivity contribution in [3.05, 3.63) is 70.9 Å². The summed E-state index contributed by atoms with van der Waals surface area (Å²) in [6.07, 6.45) is 0. The molecule has 10 heteroatoms. The van der Waals surface area contributed by atoms with Crippen LogP contribution in [0.25, 0.3) is 0 Å². The minimum atomic E-state index is -0.687. The highest BCUT2D eigenvalue weighted by atomic mass is 16.5. The first-order valence-corrected chi connectivity index (χ1v) is 13.6. The van der Waals surface area contributed by atoms with Gasteiger partial charge >= 0.3 is 12.0 Å². The number of nitrogens with zero attached hydrogens (tertiary/aromatic N) is 3. The number of hydrogen-bond acceptors (Lipinski definition) is 7. The van der Waals surface area contributed by atoms with E-state index in [-0.39, 0.29) is 24.6 Å². The largest absolute Gasteiger partial charge is 0.497 e. The zero-order valence-corrected chi connectivity index (χ0v) is 23.8. The Morgan fingerprint density at radius 3 is 2.35 bits per heavy atom. The molecule has 0 aliphatic carbocycles.